The van der Waals surface area contributed by atoms with E-state index in [1.54, 1.807) is 0 Å². The van der Waals surface area contributed by atoms with Gasteiger partial charge in [-0.3, -0.25) is 4.79 Å². The van der Waals surface area contributed by atoms with E-state index in [0.717, 1.165) is 25.3 Å². The molecule has 0 spiro atoms. The van der Waals surface area contributed by atoms with E-state index >= 15 is 0 Å². The van der Waals surface area contributed by atoms with Crippen molar-refractivity contribution < 1.29 is 4.79 Å². The first-order valence-corrected chi connectivity index (χ1v) is 7.60. The summed E-state index contributed by atoms with van der Waals surface area (Å²) in [6.45, 7) is 3.12. The fourth-order valence-electron chi connectivity index (χ4n) is 3.68. The highest BCUT2D eigenvalue weighted by atomic mass is 16.2. The van der Waals surface area contributed by atoms with E-state index in [4.69, 9.17) is 5.73 Å². The minimum atomic E-state index is 0.0669. The third kappa shape index (κ3) is 3.05. The lowest BCUT2D eigenvalue weighted by Crippen LogP contribution is -2.48. The summed E-state index contributed by atoms with van der Waals surface area (Å²) in [6, 6.07) is 0.0669. The molecule has 2 fully saturated rings. The molecule has 0 aromatic rings. The fraction of sp³-hybridized carbons (Fsp3) is 0.933. The summed E-state index contributed by atoms with van der Waals surface area (Å²) < 4.78 is 0. The molecule has 18 heavy (non-hydrogen) atoms. The molecule has 2 aliphatic carbocycles. The second kappa shape index (κ2) is 6.05. The van der Waals surface area contributed by atoms with E-state index in [0.29, 0.717) is 11.8 Å². The molecule has 3 heteroatoms. The van der Waals surface area contributed by atoms with Crippen LogP contribution in [0.3, 0.4) is 0 Å². The first-order chi connectivity index (χ1) is 8.59. The average molecular weight is 252 g/mol. The largest absolute Gasteiger partial charge is 0.345 e. The van der Waals surface area contributed by atoms with Crippen LogP contribution in [0, 0.1) is 17.8 Å². The summed E-state index contributed by atoms with van der Waals surface area (Å²) in [5.41, 5.74) is 6.22. The van der Waals surface area contributed by atoms with Crippen LogP contribution < -0.4 is 5.73 Å². The van der Waals surface area contributed by atoms with Crippen LogP contribution in [0.4, 0.5) is 0 Å². The second-order valence-corrected chi connectivity index (χ2v) is 6.46. The summed E-state index contributed by atoms with van der Waals surface area (Å²) in [4.78, 5) is 14.4. The number of hydrogen-bond donors (Lipinski definition) is 1. The summed E-state index contributed by atoms with van der Waals surface area (Å²) >= 11 is 0. The van der Waals surface area contributed by atoms with Crippen molar-refractivity contribution in [3.8, 4) is 0 Å². The molecule has 0 saturated heterocycles. The Kier molecular flexibility index (Phi) is 4.66. The Balaban J connectivity index is 1.88. The van der Waals surface area contributed by atoms with Gasteiger partial charge in [0.2, 0.25) is 5.91 Å². The first kappa shape index (κ1) is 13.9. The Labute approximate surface area is 111 Å². The highest BCUT2D eigenvalue weighted by molar-refractivity contribution is 5.79. The lowest BCUT2D eigenvalue weighted by molar-refractivity contribution is -0.137. The van der Waals surface area contributed by atoms with Gasteiger partial charge < -0.3 is 10.6 Å². The average Bonchev–Trinajstić information content (AvgIpc) is 2.84. The molecule has 0 bridgehead atoms. The van der Waals surface area contributed by atoms with Crippen LogP contribution in [-0.4, -0.2) is 30.4 Å². The van der Waals surface area contributed by atoms with Crippen molar-refractivity contribution in [1.82, 2.24) is 4.90 Å². The van der Waals surface area contributed by atoms with E-state index in [9.17, 15) is 4.79 Å². The number of rotatable bonds is 3. The zero-order valence-corrected chi connectivity index (χ0v) is 11.9. The predicted molar refractivity (Wildman–Crippen MR) is 74.1 cm³/mol. The number of hydrogen-bond acceptors (Lipinski definition) is 2. The highest BCUT2D eigenvalue weighted by Gasteiger charge is 2.34. The van der Waals surface area contributed by atoms with Gasteiger partial charge in [-0.1, -0.05) is 26.2 Å². The zero-order chi connectivity index (χ0) is 13.1. The van der Waals surface area contributed by atoms with Gasteiger partial charge in [-0.05, 0) is 37.5 Å². The van der Waals surface area contributed by atoms with E-state index in [-0.39, 0.29) is 12.0 Å². The molecule has 0 heterocycles. The highest BCUT2D eigenvalue weighted by Crippen LogP contribution is 2.30. The third-order valence-electron chi connectivity index (χ3n) is 5.00. The molecule has 2 saturated carbocycles. The molecule has 3 atom stereocenters. The number of nitrogens with zero attached hydrogens (tertiary/aromatic N) is 1. The van der Waals surface area contributed by atoms with Crippen LogP contribution in [0.2, 0.25) is 0 Å². The Morgan fingerprint density at radius 1 is 1.17 bits per heavy atom. The lowest BCUT2D eigenvalue weighted by Gasteiger charge is -2.35. The Morgan fingerprint density at radius 2 is 1.83 bits per heavy atom. The smallest absolute Gasteiger partial charge is 0.227 e. The van der Waals surface area contributed by atoms with Gasteiger partial charge in [-0.2, -0.15) is 0 Å². The van der Waals surface area contributed by atoms with Gasteiger partial charge in [0.25, 0.3) is 0 Å². The van der Waals surface area contributed by atoms with Gasteiger partial charge >= 0.3 is 0 Å². The molecular weight excluding hydrogens is 224 g/mol. The number of amides is 1. The first-order valence-electron chi connectivity index (χ1n) is 7.60. The van der Waals surface area contributed by atoms with Gasteiger partial charge in [0.05, 0.1) is 5.92 Å². The molecule has 2 aliphatic rings. The van der Waals surface area contributed by atoms with Crippen LogP contribution in [0.5, 0.6) is 0 Å². The van der Waals surface area contributed by atoms with Gasteiger partial charge in [0, 0.05) is 19.6 Å². The molecule has 3 unspecified atom stereocenters. The van der Waals surface area contributed by atoms with E-state index in [2.05, 4.69) is 6.92 Å². The van der Waals surface area contributed by atoms with Gasteiger partial charge in [-0.15, -0.1) is 0 Å². The Morgan fingerprint density at radius 3 is 2.50 bits per heavy atom. The SMILES string of the molecule is CC1CCCC(C(=O)N(C)CC2CCCC2)C1N. The lowest BCUT2D eigenvalue weighted by atomic mass is 9.77. The Hall–Kier alpha value is -0.570. The van der Waals surface area contributed by atoms with Crippen molar-refractivity contribution in [2.45, 2.75) is 57.9 Å². The van der Waals surface area contributed by atoms with Crippen molar-refractivity contribution in [3.05, 3.63) is 0 Å². The molecule has 2 N–H and O–H groups in total. The standard InChI is InChI=1S/C15H28N2O/c1-11-6-5-9-13(14(11)16)15(18)17(2)10-12-7-3-4-8-12/h11-14H,3-10,16H2,1-2H3. The van der Waals surface area contributed by atoms with Crippen LogP contribution >= 0.6 is 0 Å². The number of nitrogens with two attached hydrogens (primary N) is 1. The van der Waals surface area contributed by atoms with Crippen molar-refractivity contribution in [2.75, 3.05) is 13.6 Å². The van der Waals surface area contributed by atoms with Crippen molar-refractivity contribution >= 4 is 5.91 Å². The van der Waals surface area contributed by atoms with Crippen LogP contribution in [-0.2, 0) is 4.79 Å². The summed E-state index contributed by atoms with van der Waals surface area (Å²) in [5.74, 6) is 1.59. The van der Waals surface area contributed by atoms with Crippen LogP contribution in [0.15, 0.2) is 0 Å². The maximum atomic E-state index is 12.5. The molecule has 104 valence electrons. The summed E-state index contributed by atoms with van der Waals surface area (Å²) in [5, 5.41) is 0. The van der Waals surface area contributed by atoms with Gasteiger partial charge in [0.15, 0.2) is 0 Å². The van der Waals surface area contributed by atoms with Gasteiger partial charge in [-0.25, -0.2) is 0 Å². The van der Waals surface area contributed by atoms with Crippen LogP contribution in [0.1, 0.15) is 51.9 Å². The fourth-order valence-corrected chi connectivity index (χ4v) is 3.68. The molecule has 3 nitrogen and oxygen atoms in total. The normalized spacial score (nSPS) is 33.6. The summed E-state index contributed by atoms with van der Waals surface area (Å²) in [6.07, 6.45) is 8.59. The minimum absolute atomic E-state index is 0.0669. The number of carbonyl (C=O) groups excluding carboxylic acids is 1. The maximum absolute atomic E-state index is 12.5. The molecule has 2 rings (SSSR count). The third-order valence-corrected chi connectivity index (χ3v) is 5.00. The predicted octanol–water partition coefficient (Wildman–Crippen LogP) is 2.40. The molecule has 0 aromatic carbocycles. The minimum Gasteiger partial charge on any atom is -0.345 e. The molecule has 0 radical (unpaired) electrons. The second-order valence-electron chi connectivity index (χ2n) is 6.46. The zero-order valence-electron chi connectivity index (χ0n) is 11.9. The summed E-state index contributed by atoms with van der Waals surface area (Å²) in [7, 11) is 1.96. The quantitative estimate of drug-likeness (QED) is 0.838. The number of carbonyl (C=O) groups is 1. The molecular formula is C15H28N2O. The van der Waals surface area contributed by atoms with E-state index < -0.39 is 0 Å². The van der Waals surface area contributed by atoms with E-state index in [1.165, 1.54) is 32.1 Å². The topological polar surface area (TPSA) is 46.3 Å². The van der Waals surface area contributed by atoms with Gasteiger partial charge in [0.1, 0.15) is 0 Å². The van der Waals surface area contributed by atoms with E-state index in [1.807, 2.05) is 11.9 Å². The van der Waals surface area contributed by atoms with Crippen molar-refractivity contribution in [3.63, 3.8) is 0 Å². The molecule has 1 amide bonds. The monoisotopic (exact) mass is 252 g/mol. The maximum Gasteiger partial charge on any atom is 0.227 e. The van der Waals surface area contributed by atoms with Crippen molar-refractivity contribution in [1.29, 1.82) is 0 Å². The van der Waals surface area contributed by atoms with Crippen molar-refractivity contribution in [2.24, 2.45) is 23.5 Å². The molecule has 0 aromatic heterocycles. The Bertz CT molecular complexity index is 286. The van der Waals surface area contributed by atoms with Crippen LogP contribution in [0.25, 0.3) is 0 Å². The molecule has 0 aliphatic heterocycles.